The van der Waals surface area contributed by atoms with Gasteiger partial charge in [-0.1, -0.05) is 6.07 Å². The second-order valence-corrected chi connectivity index (χ2v) is 5.37. The average molecular weight is 353 g/mol. The third-order valence-electron chi connectivity index (χ3n) is 3.61. The normalized spacial score (nSPS) is 11.7. The predicted octanol–water partition coefficient (Wildman–Crippen LogP) is -0.614. The fourth-order valence-corrected chi connectivity index (χ4v) is 2.37. The Morgan fingerprint density at radius 1 is 1.23 bits per heavy atom. The van der Waals surface area contributed by atoms with E-state index in [1.165, 1.54) is 29.6 Å². The van der Waals surface area contributed by atoms with Gasteiger partial charge in [-0.15, -0.1) is 0 Å². The molecule has 3 aromatic rings. The number of carbonyl (C=O) groups is 3. The monoisotopic (exact) mass is 353 g/mol. The van der Waals surface area contributed by atoms with Crippen LogP contribution in [-0.4, -0.2) is 48.1 Å². The summed E-state index contributed by atoms with van der Waals surface area (Å²) in [6.07, 6.45) is 7.31. The number of amides is 2. The maximum absolute atomic E-state index is 12.6. The van der Waals surface area contributed by atoms with Crippen LogP contribution in [-0.2, 0) is 16.0 Å². The van der Waals surface area contributed by atoms with Crippen LogP contribution in [0.15, 0.2) is 49.4 Å². The average Bonchev–Trinajstić information content (AvgIpc) is 3.32. The molecule has 0 saturated heterocycles. The highest BCUT2D eigenvalue weighted by molar-refractivity contribution is 6.38. The van der Waals surface area contributed by atoms with Crippen LogP contribution in [0.1, 0.15) is 16.2 Å². The SMILES string of the molecule is NC(=O)C(=O)C(Cc1cnc[nH]1)NC(=O)c1cncn1-c1ccccn1. The maximum Gasteiger partial charge on any atom is 0.287 e. The van der Waals surface area contributed by atoms with Crippen LogP contribution in [0.4, 0.5) is 0 Å². The Morgan fingerprint density at radius 3 is 2.73 bits per heavy atom. The molecule has 10 heteroatoms. The summed E-state index contributed by atoms with van der Waals surface area (Å²) >= 11 is 0. The van der Waals surface area contributed by atoms with Gasteiger partial charge in [0.1, 0.15) is 23.9 Å². The van der Waals surface area contributed by atoms with Gasteiger partial charge in [-0.05, 0) is 12.1 Å². The second-order valence-electron chi connectivity index (χ2n) is 5.37. The molecule has 2 amide bonds. The molecule has 0 aromatic carbocycles. The van der Waals surface area contributed by atoms with Crippen LogP contribution in [0.25, 0.3) is 5.82 Å². The van der Waals surface area contributed by atoms with Gasteiger partial charge in [0.25, 0.3) is 11.8 Å². The molecule has 0 aliphatic carbocycles. The molecular weight excluding hydrogens is 338 g/mol. The van der Waals surface area contributed by atoms with E-state index in [4.69, 9.17) is 5.73 Å². The predicted molar refractivity (Wildman–Crippen MR) is 89.1 cm³/mol. The molecule has 0 spiro atoms. The van der Waals surface area contributed by atoms with Crippen molar-refractivity contribution < 1.29 is 14.4 Å². The summed E-state index contributed by atoms with van der Waals surface area (Å²) in [5.41, 5.74) is 5.82. The van der Waals surface area contributed by atoms with E-state index in [9.17, 15) is 14.4 Å². The lowest BCUT2D eigenvalue weighted by Crippen LogP contribution is -2.47. The Morgan fingerprint density at radius 2 is 2.08 bits per heavy atom. The summed E-state index contributed by atoms with van der Waals surface area (Å²) < 4.78 is 1.47. The van der Waals surface area contributed by atoms with E-state index in [-0.39, 0.29) is 12.1 Å². The number of aromatic amines is 1. The number of ketones is 1. The minimum Gasteiger partial charge on any atom is -0.363 e. The van der Waals surface area contributed by atoms with Crippen molar-refractivity contribution in [3.8, 4) is 5.82 Å². The number of pyridine rings is 1. The van der Waals surface area contributed by atoms with Crippen LogP contribution in [0.3, 0.4) is 0 Å². The van der Waals surface area contributed by atoms with Gasteiger partial charge >= 0.3 is 0 Å². The lowest BCUT2D eigenvalue weighted by Gasteiger charge is -2.16. The van der Waals surface area contributed by atoms with Crippen molar-refractivity contribution in [3.05, 3.63) is 60.8 Å². The number of aromatic nitrogens is 5. The van der Waals surface area contributed by atoms with Gasteiger partial charge in [0.2, 0.25) is 5.78 Å². The highest BCUT2D eigenvalue weighted by atomic mass is 16.2. The highest BCUT2D eigenvalue weighted by Crippen LogP contribution is 2.09. The summed E-state index contributed by atoms with van der Waals surface area (Å²) in [7, 11) is 0. The zero-order valence-electron chi connectivity index (χ0n) is 13.5. The molecule has 0 bridgehead atoms. The molecule has 0 fully saturated rings. The number of carbonyl (C=O) groups excluding carboxylic acids is 3. The standard InChI is InChI=1S/C16H15N7O3/c17-15(25)14(24)11(5-10-6-18-8-21-10)22-16(26)12-7-19-9-23(12)13-3-1-2-4-20-13/h1-4,6-9,11H,5H2,(H2,17,25)(H,18,21)(H,22,26). The molecule has 10 nitrogen and oxygen atoms in total. The van der Waals surface area contributed by atoms with E-state index in [0.29, 0.717) is 11.5 Å². The van der Waals surface area contributed by atoms with E-state index in [1.54, 1.807) is 24.4 Å². The molecule has 0 radical (unpaired) electrons. The number of hydrogen-bond acceptors (Lipinski definition) is 6. The third-order valence-corrected chi connectivity index (χ3v) is 3.61. The summed E-state index contributed by atoms with van der Waals surface area (Å²) in [5, 5.41) is 2.52. The molecule has 26 heavy (non-hydrogen) atoms. The molecular formula is C16H15N7O3. The van der Waals surface area contributed by atoms with Crippen molar-refractivity contribution in [3.63, 3.8) is 0 Å². The van der Waals surface area contributed by atoms with Gasteiger partial charge in [-0.3, -0.25) is 19.0 Å². The van der Waals surface area contributed by atoms with E-state index >= 15 is 0 Å². The van der Waals surface area contributed by atoms with Gasteiger partial charge in [0.05, 0.1) is 12.5 Å². The fourth-order valence-electron chi connectivity index (χ4n) is 2.37. The number of nitrogens with two attached hydrogens (primary N) is 1. The molecule has 3 aromatic heterocycles. The smallest absolute Gasteiger partial charge is 0.287 e. The summed E-state index contributed by atoms with van der Waals surface area (Å²) in [5.74, 6) is -2.14. The number of imidazole rings is 2. The first kappa shape index (κ1) is 17.0. The maximum atomic E-state index is 12.6. The van der Waals surface area contributed by atoms with Crippen LogP contribution in [0.5, 0.6) is 0 Å². The minimum atomic E-state index is -1.13. The molecule has 1 unspecified atom stereocenters. The van der Waals surface area contributed by atoms with E-state index in [1.807, 2.05) is 0 Å². The van der Waals surface area contributed by atoms with E-state index < -0.39 is 23.6 Å². The van der Waals surface area contributed by atoms with Crippen LogP contribution >= 0.6 is 0 Å². The van der Waals surface area contributed by atoms with Gasteiger partial charge in [-0.2, -0.15) is 0 Å². The number of rotatable bonds is 7. The number of Topliss-reactive ketones (excluding diaryl/α,β-unsaturated/α-hetero) is 1. The molecule has 3 rings (SSSR count). The minimum absolute atomic E-state index is 0.0469. The molecule has 0 saturated carbocycles. The Balaban J connectivity index is 1.83. The van der Waals surface area contributed by atoms with Gasteiger partial charge < -0.3 is 16.0 Å². The largest absolute Gasteiger partial charge is 0.363 e. The number of H-pyrrole nitrogens is 1. The van der Waals surface area contributed by atoms with Crippen molar-refractivity contribution in [1.29, 1.82) is 0 Å². The Kier molecular flexibility index (Phi) is 4.83. The van der Waals surface area contributed by atoms with Crippen LogP contribution in [0.2, 0.25) is 0 Å². The number of hydrogen-bond donors (Lipinski definition) is 3. The lowest BCUT2D eigenvalue weighted by molar-refractivity contribution is -0.137. The first-order valence-electron chi connectivity index (χ1n) is 7.61. The Hall–Kier alpha value is -3.82. The van der Waals surface area contributed by atoms with Crippen LogP contribution in [0, 0.1) is 0 Å². The third kappa shape index (κ3) is 3.64. The summed E-state index contributed by atoms with van der Waals surface area (Å²) in [6, 6.07) is 4.08. The Bertz CT molecular complexity index is 918. The van der Waals surface area contributed by atoms with Crippen molar-refractivity contribution in [1.82, 2.24) is 29.8 Å². The van der Waals surface area contributed by atoms with E-state index in [0.717, 1.165) is 0 Å². The quantitative estimate of drug-likeness (QED) is 0.482. The van der Waals surface area contributed by atoms with Crippen molar-refractivity contribution >= 4 is 17.6 Å². The first-order valence-corrected chi connectivity index (χ1v) is 7.61. The van der Waals surface area contributed by atoms with Crippen LogP contribution < -0.4 is 11.1 Å². The summed E-state index contributed by atoms with van der Waals surface area (Å²) in [6.45, 7) is 0. The van der Waals surface area contributed by atoms with Gasteiger partial charge in [0.15, 0.2) is 0 Å². The topological polar surface area (TPSA) is 149 Å². The number of primary amides is 1. The molecule has 132 valence electrons. The zero-order chi connectivity index (χ0) is 18.5. The van der Waals surface area contributed by atoms with E-state index in [2.05, 4.69) is 25.3 Å². The van der Waals surface area contributed by atoms with Crippen molar-refractivity contribution in [2.45, 2.75) is 12.5 Å². The second kappa shape index (κ2) is 7.38. The van der Waals surface area contributed by atoms with Crippen molar-refractivity contribution in [2.75, 3.05) is 0 Å². The summed E-state index contributed by atoms with van der Waals surface area (Å²) in [4.78, 5) is 50.8. The number of nitrogens with one attached hydrogen (secondary N) is 2. The highest BCUT2D eigenvalue weighted by Gasteiger charge is 2.27. The number of nitrogens with zero attached hydrogens (tertiary/aromatic N) is 4. The fraction of sp³-hybridized carbons (Fsp3) is 0.125. The first-order chi connectivity index (χ1) is 12.6. The lowest BCUT2D eigenvalue weighted by atomic mass is 10.1. The molecule has 4 N–H and O–H groups in total. The zero-order valence-corrected chi connectivity index (χ0v) is 13.5. The van der Waals surface area contributed by atoms with Crippen molar-refractivity contribution in [2.24, 2.45) is 5.73 Å². The molecule has 0 aliphatic rings. The molecule has 0 aliphatic heterocycles. The molecule has 1 atom stereocenters. The molecule has 3 heterocycles. The van der Waals surface area contributed by atoms with Gasteiger partial charge in [0, 0.05) is 24.5 Å². The Labute approximate surface area is 147 Å². The van der Waals surface area contributed by atoms with Gasteiger partial charge in [-0.25, -0.2) is 15.0 Å².